The molecule has 1 saturated heterocycles. The van der Waals surface area contributed by atoms with Gasteiger partial charge in [-0.25, -0.2) is 9.78 Å². The molecule has 0 bridgehead atoms. The van der Waals surface area contributed by atoms with Crippen LogP contribution in [0.15, 0.2) is 114 Å². The van der Waals surface area contributed by atoms with Crippen LogP contribution < -0.4 is 16.0 Å². The van der Waals surface area contributed by atoms with Gasteiger partial charge >= 0.3 is 6.03 Å². The van der Waals surface area contributed by atoms with Gasteiger partial charge in [0.05, 0.1) is 10.7 Å². The second-order valence-electron chi connectivity index (χ2n) is 10.7. The van der Waals surface area contributed by atoms with Crippen molar-refractivity contribution in [1.82, 2.24) is 20.5 Å². The number of benzene rings is 3. The van der Waals surface area contributed by atoms with Gasteiger partial charge in [-0.05, 0) is 74.6 Å². The number of nitrogens with zero attached hydrogens (tertiary/aromatic N) is 2. The van der Waals surface area contributed by atoms with Crippen LogP contribution >= 0.6 is 11.8 Å². The van der Waals surface area contributed by atoms with Crippen LogP contribution in [0.5, 0.6) is 0 Å². The van der Waals surface area contributed by atoms with Gasteiger partial charge in [0.2, 0.25) is 0 Å². The second-order valence-corrected chi connectivity index (χ2v) is 11.9. The smallest absolute Gasteiger partial charge is 0.319 e. The van der Waals surface area contributed by atoms with Gasteiger partial charge in [-0.15, -0.1) is 0 Å². The fourth-order valence-electron chi connectivity index (χ4n) is 5.42. The third kappa shape index (κ3) is 9.18. The number of anilines is 1. The maximum absolute atomic E-state index is 12.8. The first-order chi connectivity index (χ1) is 20.7. The Morgan fingerprint density at radius 2 is 1.57 bits per heavy atom. The number of aromatic nitrogens is 1. The highest BCUT2D eigenvalue weighted by Crippen LogP contribution is 2.36. The molecule has 2 amide bonds. The summed E-state index contributed by atoms with van der Waals surface area (Å²) in [6.07, 6.45) is 6.00. The molecule has 0 aliphatic carbocycles. The summed E-state index contributed by atoms with van der Waals surface area (Å²) in [5, 5.41) is 11.4. The summed E-state index contributed by atoms with van der Waals surface area (Å²) in [6, 6.07) is 35.0. The van der Waals surface area contributed by atoms with Crippen LogP contribution in [0.1, 0.15) is 36.5 Å². The number of carbonyl (C=O) groups excluding carboxylic acids is 1. The molecular weight excluding hydrogens is 538 g/mol. The molecule has 1 aliphatic heterocycles. The molecule has 5 rings (SSSR count). The molecule has 3 aromatic carbocycles. The molecule has 7 heteroatoms. The monoisotopic (exact) mass is 579 g/mol. The molecule has 3 N–H and O–H groups in total. The lowest BCUT2D eigenvalue weighted by Crippen LogP contribution is -2.46. The number of amides is 2. The van der Waals surface area contributed by atoms with Crippen LogP contribution in [0, 0.1) is 0 Å². The van der Waals surface area contributed by atoms with Crippen LogP contribution in [-0.4, -0.2) is 54.7 Å². The highest BCUT2D eigenvalue weighted by Gasteiger charge is 2.21. The summed E-state index contributed by atoms with van der Waals surface area (Å²) in [5.74, 6) is 0. The predicted octanol–water partition coefficient (Wildman–Crippen LogP) is 7.24. The van der Waals surface area contributed by atoms with Crippen molar-refractivity contribution in [3.8, 4) is 11.1 Å². The maximum Gasteiger partial charge on any atom is 0.319 e. The van der Waals surface area contributed by atoms with E-state index in [-0.39, 0.29) is 12.1 Å². The Balaban J connectivity index is 0.980. The number of pyridine rings is 1. The molecule has 1 fully saturated rings. The van der Waals surface area contributed by atoms with Crippen molar-refractivity contribution in [2.75, 3.05) is 38.0 Å². The molecule has 1 atom stereocenters. The number of urea groups is 1. The Hall–Kier alpha value is -3.65. The lowest BCUT2D eigenvalue weighted by Gasteiger charge is -2.32. The van der Waals surface area contributed by atoms with E-state index in [1.807, 2.05) is 66.5 Å². The van der Waals surface area contributed by atoms with Gasteiger partial charge in [0, 0.05) is 36.1 Å². The van der Waals surface area contributed by atoms with Crippen LogP contribution in [0.25, 0.3) is 11.1 Å². The van der Waals surface area contributed by atoms with Crippen molar-refractivity contribution in [3.05, 3.63) is 115 Å². The number of piperidine rings is 1. The van der Waals surface area contributed by atoms with Crippen molar-refractivity contribution in [1.29, 1.82) is 0 Å². The number of nitrogens with one attached hydrogen (secondary N) is 3. The van der Waals surface area contributed by atoms with Crippen molar-refractivity contribution in [2.24, 2.45) is 0 Å². The third-order valence-electron chi connectivity index (χ3n) is 7.67. The molecule has 0 radical (unpaired) electrons. The van der Waals surface area contributed by atoms with Gasteiger partial charge in [0.15, 0.2) is 0 Å². The molecular formula is C35H41N5OS. The third-order valence-corrected chi connectivity index (χ3v) is 8.94. The largest absolute Gasteiger partial charge is 0.335 e. The van der Waals surface area contributed by atoms with Gasteiger partial charge < -0.3 is 20.9 Å². The van der Waals surface area contributed by atoms with Crippen molar-refractivity contribution in [3.63, 3.8) is 0 Å². The van der Waals surface area contributed by atoms with E-state index in [9.17, 15) is 4.79 Å². The maximum atomic E-state index is 12.8. The summed E-state index contributed by atoms with van der Waals surface area (Å²) < 4.78 is 0. The van der Waals surface area contributed by atoms with E-state index in [4.69, 9.17) is 0 Å². The Morgan fingerprint density at radius 1 is 0.857 bits per heavy atom. The van der Waals surface area contributed by atoms with E-state index in [2.05, 4.69) is 80.4 Å². The van der Waals surface area contributed by atoms with Crippen LogP contribution in [0.3, 0.4) is 0 Å². The summed E-state index contributed by atoms with van der Waals surface area (Å²) in [4.78, 5) is 19.8. The van der Waals surface area contributed by atoms with Gasteiger partial charge in [0.1, 0.15) is 0 Å². The fourth-order valence-corrected chi connectivity index (χ4v) is 6.52. The minimum absolute atomic E-state index is 0.129. The summed E-state index contributed by atoms with van der Waals surface area (Å²) in [5.41, 5.74) is 4.30. The average Bonchev–Trinajstić information content (AvgIpc) is 3.04. The zero-order valence-electron chi connectivity index (χ0n) is 24.1. The minimum Gasteiger partial charge on any atom is -0.335 e. The van der Waals surface area contributed by atoms with Gasteiger partial charge in [-0.2, -0.15) is 0 Å². The summed E-state index contributed by atoms with van der Waals surface area (Å²) in [7, 11) is 0. The lowest BCUT2D eigenvalue weighted by molar-refractivity contribution is 0.194. The van der Waals surface area contributed by atoms with Crippen molar-refractivity contribution >= 4 is 23.5 Å². The molecule has 0 saturated carbocycles. The van der Waals surface area contributed by atoms with E-state index in [1.165, 1.54) is 5.56 Å². The summed E-state index contributed by atoms with van der Waals surface area (Å²) in [6.45, 7) is 5.11. The molecule has 0 spiro atoms. The van der Waals surface area contributed by atoms with E-state index >= 15 is 0 Å². The Bertz CT molecular complexity index is 1350. The zero-order valence-corrected chi connectivity index (χ0v) is 24.9. The minimum atomic E-state index is -0.129. The first-order valence-electron chi connectivity index (χ1n) is 15.0. The molecule has 1 aliphatic rings. The second kappa shape index (κ2) is 16.1. The standard InChI is InChI=1S/C35H41N5OS/c41-35(39-32-17-8-7-16-31(32)28-12-3-1-4-13-28)38-30-20-26-40(27-21-30)25-11-22-36-24-19-33(29-14-5-2-6-15-29)42-34-18-9-10-23-37-34/h1-10,12-18,23,30,33,36H,11,19-22,24-27H2,(H2,38,39,41). The number of rotatable bonds is 13. The number of para-hydroxylation sites is 1. The first-order valence-corrected chi connectivity index (χ1v) is 15.9. The van der Waals surface area contributed by atoms with Gasteiger partial charge in [-0.1, -0.05) is 96.7 Å². The van der Waals surface area contributed by atoms with E-state index in [1.54, 1.807) is 0 Å². The predicted molar refractivity (Wildman–Crippen MR) is 175 cm³/mol. The number of hydrogen-bond acceptors (Lipinski definition) is 5. The SMILES string of the molecule is O=C(Nc1ccccc1-c1ccccc1)NC1CCN(CCCNCCC(Sc2ccccn2)c2ccccc2)CC1. The Kier molecular flexibility index (Phi) is 11.4. The van der Waals surface area contributed by atoms with Crippen LogP contribution in [-0.2, 0) is 0 Å². The first kappa shape index (κ1) is 29.8. The van der Waals surface area contributed by atoms with Crippen molar-refractivity contribution in [2.45, 2.75) is 42.0 Å². The fraction of sp³-hybridized carbons (Fsp3) is 0.314. The average molecular weight is 580 g/mol. The number of likely N-dealkylation sites (tertiary alicyclic amines) is 1. The normalized spacial score (nSPS) is 14.8. The molecule has 218 valence electrons. The topological polar surface area (TPSA) is 69.3 Å². The highest BCUT2D eigenvalue weighted by molar-refractivity contribution is 7.99. The number of thioether (sulfide) groups is 1. The van der Waals surface area contributed by atoms with Gasteiger partial charge in [-0.3, -0.25) is 0 Å². The van der Waals surface area contributed by atoms with Crippen LogP contribution in [0.2, 0.25) is 0 Å². The molecule has 1 aromatic heterocycles. The molecule has 1 unspecified atom stereocenters. The lowest BCUT2D eigenvalue weighted by atomic mass is 10.0. The van der Waals surface area contributed by atoms with E-state index in [0.29, 0.717) is 5.25 Å². The molecule has 6 nitrogen and oxygen atoms in total. The number of hydrogen-bond donors (Lipinski definition) is 3. The highest BCUT2D eigenvalue weighted by atomic mass is 32.2. The van der Waals surface area contributed by atoms with E-state index < -0.39 is 0 Å². The Labute approximate surface area is 254 Å². The quantitative estimate of drug-likeness (QED) is 0.115. The zero-order chi connectivity index (χ0) is 28.8. The van der Waals surface area contributed by atoms with Gasteiger partial charge in [0.25, 0.3) is 0 Å². The molecule has 4 aromatic rings. The number of carbonyl (C=O) groups is 1. The molecule has 42 heavy (non-hydrogen) atoms. The van der Waals surface area contributed by atoms with E-state index in [0.717, 1.165) is 80.2 Å². The Morgan fingerprint density at radius 3 is 2.33 bits per heavy atom. The van der Waals surface area contributed by atoms with Crippen LogP contribution in [0.4, 0.5) is 10.5 Å². The molecule has 2 heterocycles. The summed E-state index contributed by atoms with van der Waals surface area (Å²) >= 11 is 1.84. The van der Waals surface area contributed by atoms with Crippen molar-refractivity contribution < 1.29 is 4.79 Å².